The van der Waals surface area contributed by atoms with Gasteiger partial charge >= 0.3 is 0 Å². The molecule has 0 amide bonds. The Bertz CT molecular complexity index is 804. The fourth-order valence-corrected chi connectivity index (χ4v) is 3.69. The fourth-order valence-electron chi connectivity index (χ4n) is 3.69. The van der Waals surface area contributed by atoms with E-state index in [-0.39, 0.29) is 5.92 Å². The molecule has 1 aliphatic rings. The second-order valence-corrected chi connectivity index (χ2v) is 8.11. The molecule has 27 heavy (non-hydrogen) atoms. The lowest BCUT2D eigenvalue weighted by Crippen LogP contribution is -2.12. The standard InChI is InChI=1S/C25H33NO/c1-6-7-14-27-25-22(18(4)5)15-19(17(2)3)16-23(25)20-12-13-26-24-11-9-8-10-21(20)24/h8-13,15-18,20,26H,6-7,14H2,1-5H3. The van der Waals surface area contributed by atoms with Gasteiger partial charge in [0.25, 0.3) is 0 Å². The van der Waals surface area contributed by atoms with Gasteiger partial charge in [-0.3, -0.25) is 0 Å². The maximum Gasteiger partial charge on any atom is 0.126 e. The number of anilines is 1. The van der Waals surface area contributed by atoms with E-state index in [2.05, 4.69) is 88.6 Å². The molecule has 1 aliphatic heterocycles. The fraction of sp³-hybridized carbons (Fsp3) is 0.440. The lowest BCUT2D eigenvalue weighted by molar-refractivity contribution is 0.301. The molecule has 0 bridgehead atoms. The van der Waals surface area contributed by atoms with Crippen molar-refractivity contribution in [3.05, 3.63) is 70.9 Å². The predicted molar refractivity (Wildman–Crippen MR) is 116 cm³/mol. The lowest BCUT2D eigenvalue weighted by atomic mass is 9.83. The smallest absolute Gasteiger partial charge is 0.126 e. The van der Waals surface area contributed by atoms with Gasteiger partial charge < -0.3 is 10.1 Å². The minimum absolute atomic E-state index is 0.218. The Labute approximate surface area is 164 Å². The van der Waals surface area contributed by atoms with E-state index in [1.807, 2.05) is 0 Å². The number of unbranched alkanes of at least 4 members (excludes halogenated alkanes) is 1. The van der Waals surface area contributed by atoms with E-state index in [9.17, 15) is 0 Å². The van der Waals surface area contributed by atoms with Gasteiger partial charge in [0.2, 0.25) is 0 Å². The van der Waals surface area contributed by atoms with Gasteiger partial charge in [0.05, 0.1) is 6.61 Å². The molecule has 1 unspecified atom stereocenters. The summed E-state index contributed by atoms with van der Waals surface area (Å²) in [5.41, 5.74) is 6.52. The molecular weight excluding hydrogens is 330 g/mol. The molecular formula is C25H33NO. The first-order valence-electron chi connectivity index (χ1n) is 10.4. The van der Waals surface area contributed by atoms with Crippen molar-refractivity contribution in [3.8, 4) is 5.75 Å². The summed E-state index contributed by atoms with van der Waals surface area (Å²) in [5, 5.41) is 3.39. The number of benzene rings is 2. The quantitative estimate of drug-likeness (QED) is 0.526. The summed E-state index contributed by atoms with van der Waals surface area (Å²) in [5.74, 6) is 2.23. The molecule has 0 saturated carbocycles. The molecule has 1 heterocycles. The Morgan fingerprint density at radius 1 is 1.00 bits per heavy atom. The number of fused-ring (bicyclic) bond motifs is 1. The van der Waals surface area contributed by atoms with E-state index in [1.165, 1.54) is 27.9 Å². The molecule has 3 rings (SSSR count). The van der Waals surface area contributed by atoms with E-state index in [1.54, 1.807) is 0 Å². The molecule has 0 aliphatic carbocycles. The van der Waals surface area contributed by atoms with Gasteiger partial charge in [-0.25, -0.2) is 0 Å². The first-order chi connectivity index (χ1) is 13.0. The summed E-state index contributed by atoms with van der Waals surface area (Å²) in [7, 11) is 0. The van der Waals surface area contributed by atoms with Crippen molar-refractivity contribution < 1.29 is 4.74 Å². The Morgan fingerprint density at radius 3 is 2.48 bits per heavy atom. The first-order valence-corrected chi connectivity index (χ1v) is 10.4. The van der Waals surface area contributed by atoms with Crippen LogP contribution in [0.5, 0.6) is 5.75 Å². The zero-order valence-electron chi connectivity index (χ0n) is 17.4. The maximum absolute atomic E-state index is 6.42. The highest BCUT2D eigenvalue weighted by molar-refractivity contribution is 5.64. The average molecular weight is 364 g/mol. The third-order valence-electron chi connectivity index (χ3n) is 5.36. The molecule has 0 spiro atoms. The first kappa shape index (κ1) is 19.5. The van der Waals surface area contributed by atoms with Gasteiger partial charge in [0, 0.05) is 17.2 Å². The largest absolute Gasteiger partial charge is 0.493 e. The van der Waals surface area contributed by atoms with Crippen LogP contribution in [0.4, 0.5) is 5.69 Å². The van der Waals surface area contributed by atoms with Crippen molar-refractivity contribution in [1.29, 1.82) is 0 Å². The number of hydrogen-bond donors (Lipinski definition) is 1. The van der Waals surface area contributed by atoms with Crippen LogP contribution < -0.4 is 10.1 Å². The van der Waals surface area contributed by atoms with Crippen molar-refractivity contribution in [1.82, 2.24) is 0 Å². The second kappa shape index (κ2) is 8.65. The molecule has 2 heteroatoms. The molecule has 2 aromatic carbocycles. The van der Waals surface area contributed by atoms with E-state index in [0.29, 0.717) is 11.8 Å². The molecule has 0 fully saturated rings. The summed E-state index contributed by atoms with van der Waals surface area (Å²) >= 11 is 0. The van der Waals surface area contributed by atoms with Crippen molar-refractivity contribution in [2.75, 3.05) is 11.9 Å². The Hall–Kier alpha value is -2.22. The van der Waals surface area contributed by atoms with Crippen LogP contribution in [0.2, 0.25) is 0 Å². The van der Waals surface area contributed by atoms with Gasteiger partial charge in [-0.15, -0.1) is 0 Å². The molecule has 144 valence electrons. The van der Waals surface area contributed by atoms with Crippen LogP contribution in [0.1, 0.15) is 87.5 Å². The Balaban J connectivity index is 2.16. The summed E-state index contributed by atoms with van der Waals surface area (Å²) < 4.78 is 6.42. The summed E-state index contributed by atoms with van der Waals surface area (Å²) in [6.45, 7) is 12.1. The predicted octanol–water partition coefficient (Wildman–Crippen LogP) is 7.18. The second-order valence-electron chi connectivity index (χ2n) is 8.11. The number of hydrogen-bond acceptors (Lipinski definition) is 2. The topological polar surface area (TPSA) is 21.3 Å². The molecule has 1 atom stereocenters. The van der Waals surface area contributed by atoms with Crippen LogP contribution in [-0.4, -0.2) is 6.61 Å². The normalized spacial score (nSPS) is 15.7. The monoisotopic (exact) mass is 363 g/mol. The van der Waals surface area contributed by atoms with Gasteiger partial charge in [-0.2, -0.15) is 0 Å². The number of allylic oxidation sites excluding steroid dienone is 1. The number of nitrogens with one attached hydrogen (secondary N) is 1. The molecule has 2 aromatic rings. The lowest BCUT2D eigenvalue weighted by Gasteiger charge is -2.27. The van der Waals surface area contributed by atoms with E-state index in [4.69, 9.17) is 4.74 Å². The van der Waals surface area contributed by atoms with Crippen LogP contribution >= 0.6 is 0 Å². The number of ether oxygens (including phenoxy) is 1. The van der Waals surface area contributed by atoms with Crippen LogP contribution in [0, 0.1) is 0 Å². The Morgan fingerprint density at radius 2 is 1.78 bits per heavy atom. The van der Waals surface area contributed by atoms with E-state index in [0.717, 1.165) is 25.2 Å². The third kappa shape index (κ3) is 4.21. The zero-order valence-corrected chi connectivity index (χ0v) is 17.4. The highest BCUT2D eigenvalue weighted by atomic mass is 16.5. The third-order valence-corrected chi connectivity index (χ3v) is 5.36. The zero-order chi connectivity index (χ0) is 19.4. The van der Waals surface area contributed by atoms with E-state index < -0.39 is 0 Å². The van der Waals surface area contributed by atoms with Crippen molar-refractivity contribution >= 4 is 5.69 Å². The van der Waals surface area contributed by atoms with Crippen LogP contribution in [0.15, 0.2) is 48.7 Å². The van der Waals surface area contributed by atoms with Crippen molar-refractivity contribution in [2.45, 2.75) is 65.2 Å². The van der Waals surface area contributed by atoms with Crippen molar-refractivity contribution in [3.63, 3.8) is 0 Å². The minimum Gasteiger partial charge on any atom is -0.493 e. The summed E-state index contributed by atoms with van der Waals surface area (Å²) in [6.07, 6.45) is 6.56. The molecule has 2 nitrogen and oxygen atoms in total. The van der Waals surface area contributed by atoms with Gasteiger partial charge in [0.1, 0.15) is 5.75 Å². The minimum atomic E-state index is 0.218. The van der Waals surface area contributed by atoms with Gasteiger partial charge in [-0.1, -0.05) is 77.4 Å². The Kier molecular flexibility index (Phi) is 6.26. The summed E-state index contributed by atoms with van der Waals surface area (Å²) in [6, 6.07) is 13.3. The van der Waals surface area contributed by atoms with Crippen LogP contribution in [0.25, 0.3) is 0 Å². The van der Waals surface area contributed by atoms with E-state index >= 15 is 0 Å². The highest BCUT2D eigenvalue weighted by Gasteiger charge is 2.25. The highest BCUT2D eigenvalue weighted by Crippen LogP contribution is 2.43. The molecule has 0 saturated heterocycles. The number of para-hydroxylation sites is 1. The maximum atomic E-state index is 6.42. The van der Waals surface area contributed by atoms with Crippen molar-refractivity contribution in [2.24, 2.45) is 0 Å². The average Bonchev–Trinajstić information content (AvgIpc) is 2.67. The van der Waals surface area contributed by atoms with Crippen LogP contribution in [-0.2, 0) is 0 Å². The molecule has 0 aromatic heterocycles. The molecule has 0 radical (unpaired) electrons. The SMILES string of the molecule is CCCCOc1c(C(C)C)cc(C(C)C)cc1C1C=CNc2ccccc21. The van der Waals surface area contributed by atoms with Crippen LogP contribution in [0.3, 0.4) is 0 Å². The number of rotatable bonds is 7. The van der Waals surface area contributed by atoms with Gasteiger partial charge in [0.15, 0.2) is 0 Å². The van der Waals surface area contributed by atoms with Gasteiger partial charge in [-0.05, 0) is 47.2 Å². The summed E-state index contributed by atoms with van der Waals surface area (Å²) in [4.78, 5) is 0. The molecule has 1 N–H and O–H groups in total.